The molecule has 2 aromatic rings. The highest BCUT2D eigenvalue weighted by atomic mass is 16.1. The normalized spacial score (nSPS) is 11.6. The first kappa shape index (κ1) is 9.61. The van der Waals surface area contributed by atoms with Crippen LogP contribution >= 0.6 is 0 Å². The third kappa shape index (κ3) is 1.31. The Morgan fingerprint density at radius 2 is 1.65 bits per heavy atom. The van der Waals surface area contributed by atoms with Crippen LogP contribution in [-0.4, -0.2) is 5.78 Å². The molecule has 1 aliphatic carbocycles. The second kappa shape index (κ2) is 3.46. The van der Waals surface area contributed by atoms with Gasteiger partial charge in [-0.25, -0.2) is 0 Å². The number of carbonyl (C=O) groups is 1. The predicted molar refractivity (Wildman–Crippen MR) is 64.5 cm³/mol. The molecule has 0 atom stereocenters. The molecule has 0 fully saturated rings. The standard InChI is InChI=1S/C14H8N2O/c15-8-16-9-5-6-11-10-3-1-2-4-12(10)14(17)13(11)7-9/h1-7,16H. The quantitative estimate of drug-likeness (QED) is 0.506. The van der Waals surface area contributed by atoms with Gasteiger partial charge in [0.2, 0.25) is 0 Å². The van der Waals surface area contributed by atoms with E-state index in [4.69, 9.17) is 5.26 Å². The fourth-order valence-electron chi connectivity index (χ4n) is 2.17. The number of hydrogen-bond donors (Lipinski definition) is 1. The van der Waals surface area contributed by atoms with Crippen LogP contribution < -0.4 is 5.32 Å². The summed E-state index contributed by atoms with van der Waals surface area (Å²) in [5.41, 5.74) is 3.94. The lowest BCUT2D eigenvalue weighted by atomic mass is 10.1. The van der Waals surface area contributed by atoms with Gasteiger partial charge in [-0.3, -0.25) is 10.1 Å². The summed E-state index contributed by atoms with van der Waals surface area (Å²) in [6.07, 6.45) is 1.85. The summed E-state index contributed by atoms with van der Waals surface area (Å²) in [5, 5.41) is 11.1. The highest BCUT2D eigenvalue weighted by Crippen LogP contribution is 2.37. The van der Waals surface area contributed by atoms with Crippen LogP contribution in [0.3, 0.4) is 0 Å². The van der Waals surface area contributed by atoms with Gasteiger partial charge < -0.3 is 0 Å². The van der Waals surface area contributed by atoms with Crippen LogP contribution in [0.4, 0.5) is 5.69 Å². The molecular formula is C14H8N2O. The highest BCUT2D eigenvalue weighted by Gasteiger charge is 2.25. The zero-order chi connectivity index (χ0) is 11.8. The SMILES string of the molecule is N#CNc1ccc2c(c1)C(=O)c1ccccc1-2. The summed E-state index contributed by atoms with van der Waals surface area (Å²) in [7, 11) is 0. The first-order valence-corrected chi connectivity index (χ1v) is 5.24. The Labute approximate surface area is 98.3 Å². The van der Waals surface area contributed by atoms with E-state index in [1.807, 2.05) is 36.5 Å². The number of rotatable bonds is 1. The molecule has 0 bridgehead atoms. The molecule has 0 amide bonds. The van der Waals surface area contributed by atoms with Crippen molar-refractivity contribution >= 4 is 11.5 Å². The fraction of sp³-hybridized carbons (Fsp3) is 0. The molecule has 0 spiro atoms. The summed E-state index contributed by atoms with van der Waals surface area (Å²) in [4.78, 5) is 12.1. The molecule has 3 heteroatoms. The van der Waals surface area contributed by atoms with Gasteiger partial charge in [-0.05, 0) is 23.3 Å². The molecule has 2 aromatic carbocycles. The monoisotopic (exact) mass is 220 g/mol. The number of carbonyl (C=O) groups excluding carboxylic acids is 1. The number of nitrogens with one attached hydrogen (secondary N) is 1. The van der Waals surface area contributed by atoms with E-state index in [0.29, 0.717) is 11.3 Å². The number of ketones is 1. The minimum Gasteiger partial charge on any atom is -0.293 e. The van der Waals surface area contributed by atoms with Gasteiger partial charge in [-0.1, -0.05) is 30.3 Å². The lowest BCUT2D eigenvalue weighted by Crippen LogP contribution is -1.96. The largest absolute Gasteiger partial charge is 0.293 e. The molecule has 0 aromatic heterocycles. The minimum atomic E-state index is 0.0252. The average Bonchev–Trinajstić information content (AvgIpc) is 2.65. The van der Waals surface area contributed by atoms with Gasteiger partial charge in [0, 0.05) is 16.8 Å². The van der Waals surface area contributed by atoms with Gasteiger partial charge in [-0.15, -0.1) is 0 Å². The van der Waals surface area contributed by atoms with E-state index in [1.165, 1.54) is 0 Å². The van der Waals surface area contributed by atoms with E-state index < -0.39 is 0 Å². The van der Waals surface area contributed by atoms with E-state index in [1.54, 1.807) is 12.1 Å². The maximum atomic E-state index is 12.1. The molecule has 0 saturated heterocycles. The minimum absolute atomic E-state index is 0.0252. The molecule has 80 valence electrons. The maximum Gasteiger partial charge on any atom is 0.194 e. The molecule has 0 saturated carbocycles. The zero-order valence-electron chi connectivity index (χ0n) is 8.90. The number of nitriles is 1. The third-order valence-corrected chi connectivity index (χ3v) is 2.93. The Morgan fingerprint density at radius 3 is 2.41 bits per heavy atom. The predicted octanol–water partition coefficient (Wildman–Crippen LogP) is 2.79. The summed E-state index contributed by atoms with van der Waals surface area (Å²) in [5.74, 6) is 0.0252. The third-order valence-electron chi connectivity index (χ3n) is 2.93. The van der Waals surface area contributed by atoms with Crippen molar-refractivity contribution in [2.75, 3.05) is 5.32 Å². The fourth-order valence-corrected chi connectivity index (χ4v) is 2.17. The number of hydrogen-bond acceptors (Lipinski definition) is 3. The molecule has 0 heterocycles. The summed E-state index contributed by atoms with van der Waals surface area (Å²) < 4.78 is 0. The molecule has 3 rings (SSSR count). The Kier molecular flexibility index (Phi) is 1.96. The Balaban J connectivity index is 2.21. The summed E-state index contributed by atoms with van der Waals surface area (Å²) in [6, 6.07) is 12.9. The van der Waals surface area contributed by atoms with Crippen molar-refractivity contribution in [3.63, 3.8) is 0 Å². The van der Waals surface area contributed by atoms with E-state index in [0.717, 1.165) is 16.7 Å². The van der Waals surface area contributed by atoms with Crippen LogP contribution in [0, 0.1) is 11.5 Å². The van der Waals surface area contributed by atoms with Crippen molar-refractivity contribution in [1.82, 2.24) is 0 Å². The van der Waals surface area contributed by atoms with E-state index in [-0.39, 0.29) is 5.78 Å². The first-order chi connectivity index (χ1) is 8.31. The smallest absolute Gasteiger partial charge is 0.194 e. The lowest BCUT2D eigenvalue weighted by molar-refractivity contribution is 0.104. The Bertz CT molecular complexity index is 668. The maximum absolute atomic E-state index is 12.1. The van der Waals surface area contributed by atoms with Crippen molar-refractivity contribution in [1.29, 1.82) is 5.26 Å². The van der Waals surface area contributed by atoms with Crippen molar-refractivity contribution in [3.8, 4) is 17.3 Å². The molecule has 1 aliphatic rings. The Hall–Kier alpha value is -2.60. The van der Waals surface area contributed by atoms with Crippen LogP contribution in [0.25, 0.3) is 11.1 Å². The van der Waals surface area contributed by atoms with Gasteiger partial charge in [-0.2, -0.15) is 5.26 Å². The first-order valence-electron chi connectivity index (χ1n) is 5.24. The molecule has 0 radical (unpaired) electrons. The zero-order valence-corrected chi connectivity index (χ0v) is 8.90. The van der Waals surface area contributed by atoms with Crippen molar-refractivity contribution in [2.45, 2.75) is 0 Å². The topological polar surface area (TPSA) is 52.9 Å². The van der Waals surface area contributed by atoms with Gasteiger partial charge in [0.25, 0.3) is 0 Å². The molecule has 17 heavy (non-hydrogen) atoms. The molecule has 3 nitrogen and oxygen atoms in total. The number of benzene rings is 2. The van der Waals surface area contributed by atoms with Crippen LogP contribution in [0.1, 0.15) is 15.9 Å². The van der Waals surface area contributed by atoms with Crippen molar-refractivity contribution in [3.05, 3.63) is 53.6 Å². The van der Waals surface area contributed by atoms with Crippen molar-refractivity contribution in [2.24, 2.45) is 0 Å². The van der Waals surface area contributed by atoms with Crippen LogP contribution in [0.5, 0.6) is 0 Å². The summed E-state index contributed by atoms with van der Waals surface area (Å²) >= 11 is 0. The van der Waals surface area contributed by atoms with Gasteiger partial charge in [0.15, 0.2) is 12.0 Å². The van der Waals surface area contributed by atoms with Crippen LogP contribution in [0.15, 0.2) is 42.5 Å². The van der Waals surface area contributed by atoms with Gasteiger partial charge in [0.05, 0.1) is 0 Å². The molecule has 1 N–H and O–H groups in total. The number of fused-ring (bicyclic) bond motifs is 3. The van der Waals surface area contributed by atoms with E-state index in [9.17, 15) is 4.79 Å². The van der Waals surface area contributed by atoms with Crippen LogP contribution in [0.2, 0.25) is 0 Å². The summed E-state index contributed by atoms with van der Waals surface area (Å²) in [6.45, 7) is 0. The molecular weight excluding hydrogens is 212 g/mol. The molecule has 0 aliphatic heterocycles. The second-order valence-electron chi connectivity index (χ2n) is 3.87. The van der Waals surface area contributed by atoms with Crippen molar-refractivity contribution < 1.29 is 4.79 Å². The van der Waals surface area contributed by atoms with Gasteiger partial charge >= 0.3 is 0 Å². The van der Waals surface area contributed by atoms with Gasteiger partial charge in [0.1, 0.15) is 0 Å². The lowest BCUT2D eigenvalue weighted by Gasteiger charge is -2.01. The van der Waals surface area contributed by atoms with E-state index >= 15 is 0 Å². The second-order valence-corrected chi connectivity index (χ2v) is 3.87. The Morgan fingerprint density at radius 1 is 0.941 bits per heavy atom. The molecule has 0 unspecified atom stereocenters. The number of nitrogens with zero attached hydrogens (tertiary/aromatic N) is 1. The average molecular weight is 220 g/mol. The highest BCUT2D eigenvalue weighted by molar-refractivity contribution is 6.22. The number of anilines is 1. The van der Waals surface area contributed by atoms with Crippen LogP contribution in [-0.2, 0) is 0 Å². The van der Waals surface area contributed by atoms with E-state index in [2.05, 4.69) is 5.32 Å².